The van der Waals surface area contributed by atoms with Gasteiger partial charge in [0.05, 0.1) is 12.7 Å². The molecule has 5 aromatic rings. The van der Waals surface area contributed by atoms with Gasteiger partial charge in [-0.3, -0.25) is 4.79 Å². The van der Waals surface area contributed by atoms with Gasteiger partial charge in [0, 0.05) is 17.1 Å². The lowest BCUT2D eigenvalue weighted by Crippen LogP contribution is -2.09. The van der Waals surface area contributed by atoms with Gasteiger partial charge in [-0.2, -0.15) is 0 Å². The predicted molar refractivity (Wildman–Crippen MR) is 154 cm³/mol. The minimum Gasteiger partial charge on any atom is -0.501 e. The molecule has 0 radical (unpaired) electrons. The number of allylic oxidation sites excluding steroid dienone is 2. The number of fused-ring (bicyclic) bond motifs is 1. The minimum absolute atomic E-state index is 0.00970. The van der Waals surface area contributed by atoms with Crippen LogP contribution in [0.5, 0.6) is 0 Å². The molecule has 0 atom stereocenters. The first-order chi connectivity index (χ1) is 18.0. The molecule has 0 amide bonds. The van der Waals surface area contributed by atoms with Gasteiger partial charge in [-0.05, 0) is 83.8 Å². The molecule has 182 valence electrons. The zero-order valence-electron chi connectivity index (χ0n) is 21.3. The molecule has 0 unspecified atom stereocenters. The van der Waals surface area contributed by atoms with E-state index < -0.39 is 0 Å². The lowest BCUT2D eigenvalue weighted by molar-refractivity contribution is -0.111. The quantitative estimate of drug-likeness (QED) is 0.171. The average Bonchev–Trinajstić information content (AvgIpc) is 2.94. The Labute approximate surface area is 218 Å². The van der Waals surface area contributed by atoms with Crippen LogP contribution in [-0.4, -0.2) is 12.9 Å². The number of hydrogen-bond donors (Lipinski definition) is 0. The molecule has 0 saturated heterocycles. The fraction of sp³-hybridized carbons (Fsp3) is 0.0882. The number of para-hydroxylation sites is 1. The van der Waals surface area contributed by atoms with E-state index in [1.165, 1.54) is 11.1 Å². The number of hydrogen-bond acceptors (Lipinski definition) is 3. The van der Waals surface area contributed by atoms with Gasteiger partial charge in [0.2, 0.25) is 0 Å². The van der Waals surface area contributed by atoms with Gasteiger partial charge < -0.3 is 9.64 Å². The number of anilines is 3. The van der Waals surface area contributed by atoms with Gasteiger partial charge in [0.25, 0.3) is 0 Å². The largest absolute Gasteiger partial charge is 0.501 e. The van der Waals surface area contributed by atoms with Gasteiger partial charge in [0.1, 0.15) is 5.76 Å². The monoisotopic (exact) mass is 483 g/mol. The normalized spacial score (nSPS) is 11.6. The average molecular weight is 484 g/mol. The molecule has 0 saturated carbocycles. The summed E-state index contributed by atoms with van der Waals surface area (Å²) < 4.78 is 5.38. The second-order valence-electron chi connectivity index (χ2n) is 9.02. The number of methoxy groups -OCH3 is 1. The van der Waals surface area contributed by atoms with Gasteiger partial charge in [-0.1, -0.05) is 78.9 Å². The smallest absolute Gasteiger partial charge is 0.163 e. The summed E-state index contributed by atoms with van der Waals surface area (Å²) in [5.74, 6) is 0.613. The summed E-state index contributed by atoms with van der Waals surface area (Å²) in [5.41, 5.74) is 7.09. The number of benzene rings is 5. The summed E-state index contributed by atoms with van der Waals surface area (Å²) in [6.45, 7) is 3.40. The molecule has 3 nitrogen and oxygen atoms in total. The highest BCUT2D eigenvalue weighted by molar-refractivity contribution is 6.20. The Morgan fingerprint density at radius 1 is 0.595 bits per heavy atom. The molecular formula is C34H29NO2. The second kappa shape index (κ2) is 10.5. The van der Waals surface area contributed by atoms with Crippen LogP contribution in [0.25, 0.3) is 27.5 Å². The molecule has 5 aromatic carbocycles. The molecule has 37 heavy (non-hydrogen) atoms. The van der Waals surface area contributed by atoms with Crippen molar-refractivity contribution in [1.82, 2.24) is 0 Å². The number of ether oxygens (including phenoxy) is 1. The Morgan fingerprint density at radius 3 is 1.78 bits per heavy atom. The maximum Gasteiger partial charge on any atom is 0.163 e. The van der Waals surface area contributed by atoms with Crippen molar-refractivity contribution in [1.29, 1.82) is 0 Å². The molecule has 0 fully saturated rings. The zero-order valence-corrected chi connectivity index (χ0v) is 21.3. The Hall–Kier alpha value is -4.63. The highest BCUT2D eigenvalue weighted by Crippen LogP contribution is 2.37. The van der Waals surface area contributed by atoms with Crippen molar-refractivity contribution in [3.05, 3.63) is 133 Å². The van der Waals surface area contributed by atoms with Gasteiger partial charge in [-0.15, -0.1) is 0 Å². The van der Waals surface area contributed by atoms with Crippen molar-refractivity contribution in [3.63, 3.8) is 0 Å². The molecule has 0 heterocycles. The van der Waals surface area contributed by atoms with E-state index in [1.807, 2.05) is 25.1 Å². The Kier molecular flexibility index (Phi) is 6.87. The SMILES string of the molecule is CO/C(C)=C(\C(C)=O)c1ccc2cc(N(c3ccccc3)c3ccc(-c4ccccc4)cc3)ccc2c1. The van der Waals surface area contributed by atoms with E-state index >= 15 is 0 Å². The Bertz CT molecular complexity index is 1570. The van der Waals surface area contributed by atoms with Gasteiger partial charge in [-0.25, -0.2) is 0 Å². The molecule has 0 spiro atoms. The van der Waals surface area contributed by atoms with Crippen LogP contribution in [0.1, 0.15) is 19.4 Å². The summed E-state index contributed by atoms with van der Waals surface area (Å²) in [7, 11) is 1.59. The van der Waals surface area contributed by atoms with E-state index in [4.69, 9.17) is 4.74 Å². The molecule has 0 N–H and O–H groups in total. The Balaban J connectivity index is 1.57. The lowest BCUT2D eigenvalue weighted by Gasteiger charge is -2.26. The molecule has 0 aliphatic carbocycles. The van der Waals surface area contributed by atoms with E-state index in [0.717, 1.165) is 33.4 Å². The fourth-order valence-electron chi connectivity index (χ4n) is 4.74. The van der Waals surface area contributed by atoms with E-state index in [-0.39, 0.29) is 5.78 Å². The molecule has 0 aliphatic heterocycles. The number of nitrogens with zero attached hydrogens (tertiary/aromatic N) is 1. The first kappa shape index (κ1) is 24.1. The second-order valence-corrected chi connectivity index (χ2v) is 9.02. The lowest BCUT2D eigenvalue weighted by atomic mass is 9.97. The maximum atomic E-state index is 12.3. The third kappa shape index (κ3) is 5.03. The van der Waals surface area contributed by atoms with Crippen LogP contribution in [0.3, 0.4) is 0 Å². The van der Waals surface area contributed by atoms with Crippen LogP contribution < -0.4 is 4.90 Å². The third-order valence-electron chi connectivity index (χ3n) is 6.63. The fourth-order valence-corrected chi connectivity index (χ4v) is 4.74. The molecule has 0 bridgehead atoms. The van der Waals surface area contributed by atoms with Crippen LogP contribution in [0.15, 0.2) is 127 Å². The number of Topliss-reactive ketones (excluding diaryl/α,β-unsaturated/α-hetero) is 1. The highest BCUT2D eigenvalue weighted by atomic mass is 16.5. The molecule has 0 aromatic heterocycles. The van der Waals surface area contributed by atoms with E-state index in [2.05, 4.69) is 108 Å². The number of rotatable bonds is 7. The number of carbonyl (C=O) groups excluding carboxylic acids is 1. The summed E-state index contributed by atoms with van der Waals surface area (Å²) >= 11 is 0. The van der Waals surface area contributed by atoms with Crippen molar-refractivity contribution in [2.45, 2.75) is 13.8 Å². The van der Waals surface area contributed by atoms with Crippen LogP contribution >= 0.6 is 0 Å². The van der Waals surface area contributed by atoms with Crippen molar-refractivity contribution in [2.75, 3.05) is 12.0 Å². The minimum atomic E-state index is -0.00970. The first-order valence-corrected chi connectivity index (χ1v) is 12.4. The molecule has 0 aliphatic rings. The first-order valence-electron chi connectivity index (χ1n) is 12.4. The number of carbonyl (C=O) groups is 1. The van der Waals surface area contributed by atoms with Crippen molar-refractivity contribution in [2.24, 2.45) is 0 Å². The highest BCUT2D eigenvalue weighted by Gasteiger charge is 2.15. The number of ketones is 1. The summed E-state index contributed by atoms with van der Waals surface area (Å²) in [6, 6.07) is 42.0. The molecular weight excluding hydrogens is 454 g/mol. The van der Waals surface area contributed by atoms with E-state index in [1.54, 1.807) is 14.0 Å². The standard InChI is InChI=1S/C34H29NO2/c1-24(36)34(25(2)37-3)30-15-14-29-23-33(21-18-28(29)22-30)35(31-12-8-5-9-13-31)32-19-16-27(17-20-32)26-10-6-4-7-11-26/h4-23H,1-3H3/b34-25+. The van der Waals surface area contributed by atoms with Crippen LogP contribution in [0.4, 0.5) is 17.1 Å². The molecule has 5 rings (SSSR count). The van der Waals surface area contributed by atoms with E-state index in [0.29, 0.717) is 11.3 Å². The predicted octanol–water partition coefficient (Wildman–Crippen LogP) is 8.94. The van der Waals surface area contributed by atoms with Crippen molar-refractivity contribution >= 4 is 39.2 Å². The maximum absolute atomic E-state index is 12.3. The molecule has 3 heteroatoms. The third-order valence-corrected chi connectivity index (χ3v) is 6.63. The summed E-state index contributed by atoms with van der Waals surface area (Å²) in [6.07, 6.45) is 0. The van der Waals surface area contributed by atoms with Crippen molar-refractivity contribution < 1.29 is 9.53 Å². The van der Waals surface area contributed by atoms with Gasteiger partial charge in [0.15, 0.2) is 5.78 Å². The van der Waals surface area contributed by atoms with Crippen molar-refractivity contribution in [3.8, 4) is 11.1 Å². The topological polar surface area (TPSA) is 29.5 Å². The van der Waals surface area contributed by atoms with Gasteiger partial charge >= 0.3 is 0 Å². The van der Waals surface area contributed by atoms with Crippen LogP contribution in [0, 0.1) is 0 Å². The van der Waals surface area contributed by atoms with Crippen LogP contribution in [0.2, 0.25) is 0 Å². The summed E-state index contributed by atoms with van der Waals surface area (Å²) in [5, 5.41) is 2.16. The Morgan fingerprint density at radius 2 is 1.14 bits per heavy atom. The van der Waals surface area contributed by atoms with E-state index in [9.17, 15) is 4.79 Å². The van der Waals surface area contributed by atoms with Crippen LogP contribution in [-0.2, 0) is 9.53 Å². The summed E-state index contributed by atoms with van der Waals surface area (Å²) in [4.78, 5) is 14.6. The zero-order chi connectivity index (χ0) is 25.8.